The number of anilines is 1. The average Bonchev–Trinajstić information content (AvgIpc) is 2.50. The van der Waals surface area contributed by atoms with Gasteiger partial charge in [0, 0.05) is 30.5 Å². The van der Waals surface area contributed by atoms with Gasteiger partial charge in [-0.25, -0.2) is 4.98 Å². The Morgan fingerprint density at radius 1 is 1.19 bits per heavy atom. The predicted molar refractivity (Wildman–Crippen MR) is 82.1 cm³/mol. The lowest BCUT2D eigenvalue weighted by atomic mass is 10.1. The molecule has 0 saturated carbocycles. The highest BCUT2D eigenvalue weighted by molar-refractivity contribution is 5.97. The SMILES string of the molecule is CCC(=O)NCCNc1ccc2cc(C(N)=O)ccc2n1. The van der Waals surface area contributed by atoms with Crippen molar-refractivity contribution in [3.8, 4) is 0 Å². The summed E-state index contributed by atoms with van der Waals surface area (Å²) in [6.07, 6.45) is 0.483. The predicted octanol–water partition coefficient (Wildman–Crippen LogP) is 1.27. The van der Waals surface area contributed by atoms with Gasteiger partial charge in [0.05, 0.1) is 5.52 Å². The van der Waals surface area contributed by atoms with Crippen molar-refractivity contribution in [1.29, 1.82) is 0 Å². The molecule has 2 aromatic rings. The number of fused-ring (bicyclic) bond motifs is 1. The van der Waals surface area contributed by atoms with Crippen molar-refractivity contribution in [3.63, 3.8) is 0 Å². The molecule has 4 N–H and O–H groups in total. The van der Waals surface area contributed by atoms with Crippen molar-refractivity contribution in [1.82, 2.24) is 10.3 Å². The number of amides is 2. The van der Waals surface area contributed by atoms with E-state index >= 15 is 0 Å². The first-order valence-corrected chi connectivity index (χ1v) is 6.81. The van der Waals surface area contributed by atoms with E-state index in [1.165, 1.54) is 0 Å². The van der Waals surface area contributed by atoms with Crippen LogP contribution in [-0.4, -0.2) is 29.9 Å². The molecule has 6 heteroatoms. The van der Waals surface area contributed by atoms with Crippen molar-refractivity contribution in [2.45, 2.75) is 13.3 Å². The number of carbonyl (C=O) groups excluding carboxylic acids is 2. The summed E-state index contributed by atoms with van der Waals surface area (Å²) in [4.78, 5) is 26.6. The number of hydrogen-bond acceptors (Lipinski definition) is 4. The quantitative estimate of drug-likeness (QED) is 0.697. The molecule has 0 bridgehead atoms. The monoisotopic (exact) mass is 286 g/mol. The molecule has 0 unspecified atom stereocenters. The summed E-state index contributed by atoms with van der Waals surface area (Å²) in [5.74, 6) is 0.299. The zero-order valence-electron chi connectivity index (χ0n) is 11.8. The van der Waals surface area contributed by atoms with E-state index in [2.05, 4.69) is 15.6 Å². The Kier molecular flexibility index (Phi) is 4.71. The second-order valence-electron chi connectivity index (χ2n) is 4.60. The molecule has 110 valence electrons. The van der Waals surface area contributed by atoms with Gasteiger partial charge in [-0.1, -0.05) is 6.92 Å². The minimum Gasteiger partial charge on any atom is -0.368 e. The van der Waals surface area contributed by atoms with Crippen LogP contribution in [0.2, 0.25) is 0 Å². The number of benzene rings is 1. The third-order valence-corrected chi connectivity index (χ3v) is 3.05. The van der Waals surface area contributed by atoms with E-state index in [1.54, 1.807) is 18.2 Å². The second-order valence-corrected chi connectivity index (χ2v) is 4.60. The van der Waals surface area contributed by atoms with Crippen molar-refractivity contribution < 1.29 is 9.59 Å². The van der Waals surface area contributed by atoms with E-state index in [9.17, 15) is 9.59 Å². The fraction of sp³-hybridized carbons (Fsp3) is 0.267. The highest BCUT2D eigenvalue weighted by Gasteiger charge is 2.03. The Balaban J connectivity index is 2.01. The molecule has 0 saturated heterocycles. The van der Waals surface area contributed by atoms with Crippen LogP contribution in [0.5, 0.6) is 0 Å². The third-order valence-electron chi connectivity index (χ3n) is 3.05. The van der Waals surface area contributed by atoms with Crippen molar-refractivity contribution in [2.75, 3.05) is 18.4 Å². The molecule has 2 rings (SSSR count). The van der Waals surface area contributed by atoms with Crippen LogP contribution in [0.25, 0.3) is 10.9 Å². The van der Waals surface area contributed by atoms with Gasteiger partial charge in [0.1, 0.15) is 5.82 Å². The largest absolute Gasteiger partial charge is 0.368 e. The van der Waals surface area contributed by atoms with Gasteiger partial charge in [-0.15, -0.1) is 0 Å². The first-order valence-electron chi connectivity index (χ1n) is 6.81. The highest BCUT2D eigenvalue weighted by atomic mass is 16.1. The number of nitrogens with two attached hydrogens (primary N) is 1. The summed E-state index contributed by atoms with van der Waals surface area (Å²) in [5, 5.41) is 6.77. The standard InChI is InChI=1S/C15H18N4O2/c1-2-14(20)18-8-7-17-13-6-4-10-9-11(15(16)21)3-5-12(10)19-13/h3-6,9H,2,7-8H2,1H3,(H2,16,21)(H,17,19)(H,18,20). The zero-order chi connectivity index (χ0) is 15.2. The lowest BCUT2D eigenvalue weighted by molar-refractivity contribution is -0.120. The molecule has 2 amide bonds. The summed E-state index contributed by atoms with van der Waals surface area (Å²) in [5.41, 5.74) is 6.49. The van der Waals surface area contributed by atoms with Crippen LogP contribution in [0.3, 0.4) is 0 Å². The van der Waals surface area contributed by atoms with E-state index in [4.69, 9.17) is 5.73 Å². The minimum absolute atomic E-state index is 0.0299. The molecule has 0 radical (unpaired) electrons. The minimum atomic E-state index is -0.453. The maximum atomic E-state index is 11.1. The van der Waals surface area contributed by atoms with E-state index in [1.807, 2.05) is 19.1 Å². The molecule has 0 aliphatic heterocycles. The molecule has 0 fully saturated rings. The number of nitrogens with one attached hydrogen (secondary N) is 2. The summed E-state index contributed by atoms with van der Waals surface area (Å²) >= 11 is 0. The summed E-state index contributed by atoms with van der Waals surface area (Å²) in [7, 11) is 0. The van der Waals surface area contributed by atoms with Crippen LogP contribution in [0.1, 0.15) is 23.7 Å². The first-order chi connectivity index (χ1) is 10.1. The van der Waals surface area contributed by atoms with E-state index in [0.717, 1.165) is 16.7 Å². The molecule has 1 aromatic carbocycles. The lowest BCUT2D eigenvalue weighted by Crippen LogP contribution is -2.28. The second kappa shape index (κ2) is 6.69. The molecule has 1 aromatic heterocycles. The maximum Gasteiger partial charge on any atom is 0.248 e. The number of carbonyl (C=O) groups is 2. The molecule has 0 atom stereocenters. The van der Waals surface area contributed by atoms with Gasteiger partial charge in [-0.05, 0) is 30.3 Å². The molecule has 21 heavy (non-hydrogen) atoms. The number of primary amides is 1. The summed E-state index contributed by atoms with van der Waals surface area (Å²) in [6, 6.07) is 8.84. The van der Waals surface area contributed by atoms with E-state index in [0.29, 0.717) is 25.1 Å². The number of pyridine rings is 1. The normalized spacial score (nSPS) is 10.3. The van der Waals surface area contributed by atoms with Gasteiger partial charge in [0.2, 0.25) is 11.8 Å². The first kappa shape index (κ1) is 14.8. The number of nitrogens with zero attached hydrogens (tertiary/aromatic N) is 1. The van der Waals surface area contributed by atoms with E-state index < -0.39 is 5.91 Å². The Bertz CT molecular complexity index is 670. The zero-order valence-corrected chi connectivity index (χ0v) is 11.8. The van der Waals surface area contributed by atoms with Gasteiger partial charge in [-0.3, -0.25) is 9.59 Å². The molecular formula is C15H18N4O2. The average molecular weight is 286 g/mol. The Hall–Kier alpha value is -2.63. The highest BCUT2D eigenvalue weighted by Crippen LogP contribution is 2.16. The number of rotatable bonds is 6. The van der Waals surface area contributed by atoms with Gasteiger partial charge in [0.25, 0.3) is 0 Å². The Labute approximate surface area is 122 Å². The fourth-order valence-electron chi connectivity index (χ4n) is 1.89. The lowest BCUT2D eigenvalue weighted by Gasteiger charge is -2.08. The Morgan fingerprint density at radius 3 is 2.71 bits per heavy atom. The topological polar surface area (TPSA) is 97.1 Å². The van der Waals surface area contributed by atoms with Gasteiger partial charge < -0.3 is 16.4 Å². The molecule has 1 heterocycles. The van der Waals surface area contributed by atoms with Crippen molar-refractivity contribution in [2.24, 2.45) is 5.73 Å². The van der Waals surface area contributed by atoms with Gasteiger partial charge in [0.15, 0.2) is 0 Å². The maximum absolute atomic E-state index is 11.1. The molecular weight excluding hydrogens is 268 g/mol. The smallest absolute Gasteiger partial charge is 0.248 e. The Morgan fingerprint density at radius 2 is 2.00 bits per heavy atom. The summed E-state index contributed by atoms with van der Waals surface area (Å²) in [6.45, 7) is 2.96. The van der Waals surface area contributed by atoms with Gasteiger partial charge >= 0.3 is 0 Å². The number of aromatic nitrogens is 1. The van der Waals surface area contributed by atoms with Crippen LogP contribution >= 0.6 is 0 Å². The van der Waals surface area contributed by atoms with Crippen molar-refractivity contribution in [3.05, 3.63) is 35.9 Å². The molecule has 0 aliphatic carbocycles. The van der Waals surface area contributed by atoms with Crippen LogP contribution in [0.15, 0.2) is 30.3 Å². The van der Waals surface area contributed by atoms with E-state index in [-0.39, 0.29) is 5.91 Å². The third kappa shape index (κ3) is 3.92. The summed E-state index contributed by atoms with van der Waals surface area (Å²) < 4.78 is 0. The van der Waals surface area contributed by atoms with Crippen LogP contribution in [0.4, 0.5) is 5.82 Å². The molecule has 0 spiro atoms. The number of hydrogen-bond donors (Lipinski definition) is 3. The molecule has 0 aliphatic rings. The fourth-order valence-corrected chi connectivity index (χ4v) is 1.89. The van der Waals surface area contributed by atoms with Crippen LogP contribution in [0, 0.1) is 0 Å². The van der Waals surface area contributed by atoms with Crippen LogP contribution < -0.4 is 16.4 Å². The van der Waals surface area contributed by atoms with Crippen LogP contribution in [-0.2, 0) is 4.79 Å². The van der Waals surface area contributed by atoms with Crippen molar-refractivity contribution >= 4 is 28.5 Å². The molecule has 6 nitrogen and oxygen atoms in total. The van der Waals surface area contributed by atoms with Gasteiger partial charge in [-0.2, -0.15) is 0 Å².